The zero-order valence-corrected chi connectivity index (χ0v) is 18.3. The van der Waals surface area contributed by atoms with Gasteiger partial charge in [0.15, 0.2) is 5.79 Å². The van der Waals surface area contributed by atoms with Crippen LogP contribution in [0.25, 0.3) is 10.8 Å². The summed E-state index contributed by atoms with van der Waals surface area (Å²) < 4.78 is 1.13. The number of hydroxylamine groups is 1. The zero-order valence-electron chi connectivity index (χ0n) is 18.3. The van der Waals surface area contributed by atoms with E-state index in [0.717, 1.165) is 56.4 Å². The first-order valence-electron chi connectivity index (χ1n) is 11.4. The minimum Gasteiger partial charge on any atom is -0.367 e. The molecule has 8 heteroatoms. The molecule has 2 bridgehead atoms. The number of hydrogen-bond acceptors (Lipinski definition) is 7. The smallest absolute Gasteiger partial charge is 0.326 e. The first kappa shape index (κ1) is 21.9. The van der Waals surface area contributed by atoms with E-state index in [1.165, 1.54) is 12.8 Å². The average molecular weight is 429 g/mol. The minimum atomic E-state index is -0.552. The second-order valence-corrected chi connectivity index (χ2v) is 8.78. The summed E-state index contributed by atoms with van der Waals surface area (Å²) in [5, 5.41) is 0.896. The maximum Gasteiger partial charge on any atom is 0.326 e. The lowest BCUT2D eigenvalue weighted by molar-refractivity contribution is -0.190. The normalized spacial score (nSPS) is 19.0. The zero-order chi connectivity index (χ0) is 21.8. The molecular weight excluding hydrogens is 396 g/mol. The minimum absolute atomic E-state index is 0.00131. The third kappa shape index (κ3) is 4.66. The number of hydrogen-bond donors (Lipinski definition) is 1. The maximum absolute atomic E-state index is 12.6. The highest BCUT2D eigenvalue weighted by molar-refractivity contribution is 5.69. The Hall–Kier alpha value is -2.29. The maximum atomic E-state index is 12.6. The van der Waals surface area contributed by atoms with Crippen LogP contribution in [0.2, 0.25) is 0 Å². The van der Waals surface area contributed by atoms with Crippen LogP contribution in [-0.2, 0) is 16.2 Å². The summed E-state index contributed by atoms with van der Waals surface area (Å²) in [4.78, 5) is 47.8. The Kier molecular flexibility index (Phi) is 6.69. The van der Waals surface area contributed by atoms with Gasteiger partial charge in [0.25, 0.3) is 11.1 Å². The van der Waals surface area contributed by atoms with E-state index in [9.17, 15) is 14.4 Å². The molecular formula is C23H32N4O4. The van der Waals surface area contributed by atoms with Crippen LogP contribution in [0.5, 0.6) is 0 Å². The van der Waals surface area contributed by atoms with Crippen molar-refractivity contribution in [1.82, 2.24) is 19.8 Å². The summed E-state index contributed by atoms with van der Waals surface area (Å²) in [7, 11) is 0. The monoisotopic (exact) mass is 428 g/mol. The number of aromatic nitrogens is 1. The number of nitrogens with one attached hydrogen (secondary N) is 1. The number of nitrogens with zero attached hydrogens (tertiary/aromatic N) is 3. The molecule has 31 heavy (non-hydrogen) atoms. The average Bonchev–Trinajstić information content (AvgIpc) is 3.00. The Bertz CT molecular complexity index is 923. The summed E-state index contributed by atoms with van der Waals surface area (Å²) in [6.45, 7) is 5.94. The fourth-order valence-electron chi connectivity index (χ4n) is 4.76. The van der Waals surface area contributed by atoms with Crippen LogP contribution >= 0.6 is 0 Å². The molecule has 2 fully saturated rings. The standard InChI is InChI=1S/C23H32N4O4/c1-23(25-13-4-2-5-14-25,26-15-6-3-7-16-26)24-31-20(28)12-17-27-21(29)18-8-9-19(11-10-18)22(27)30/h8-11,24H,2-7,12-17H2,1H3. The largest absolute Gasteiger partial charge is 0.367 e. The Morgan fingerprint density at radius 1 is 0.871 bits per heavy atom. The van der Waals surface area contributed by atoms with E-state index < -0.39 is 11.8 Å². The molecule has 0 amide bonds. The van der Waals surface area contributed by atoms with Crippen molar-refractivity contribution in [2.45, 2.75) is 64.2 Å². The Balaban J connectivity index is 1.42. The van der Waals surface area contributed by atoms with E-state index in [4.69, 9.17) is 4.84 Å². The molecule has 0 radical (unpaired) electrons. The van der Waals surface area contributed by atoms with Crippen LogP contribution in [0, 0.1) is 0 Å². The fourth-order valence-corrected chi connectivity index (χ4v) is 4.76. The molecule has 2 aliphatic rings. The van der Waals surface area contributed by atoms with E-state index in [0.29, 0.717) is 10.8 Å². The molecule has 0 aliphatic carbocycles. The van der Waals surface area contributed by atoms with Gasteiger partial charge < -0.3 is 4.84 Å². The van der Waals surface area contributed by atoms with Gasteiger partial charge in [0, 0.05) is 43.5 Å². The highest BCUT2D eigenvalue weighted by Crippen LogP contribution is 2.26. The Morgan fingerprint density at radius 2 is 1.32 bits per heavy atom. The Labute approximate surface area is 182 Å². The van der Waals surface area contributed by atoms with Crippen LogP contribution < -0.4 is 16.6 Å². The highest BCUT2D eigenvalue weighted by atomic mass is 16.7. The Morgan fingerprint density at radius 3 is 1.77 bits per heavy atom. The molecule has 2 aromatic heterocycles. The summed E-state index contributed by atoms with van der Waals surface area (Å²) in [6.07, 6.45) is 6.95. The number of fused-ring (bicyclic) bond motifs is 4. The topological polar surface area (TPSA) is 83.9 Å². The van der Waals surface area contributed by atoms with Crippen molar-refractivity contribution in [1.29, 1.82) is 0 Å². The molecule has 0 atom stereocenters. The SMILES string of the molecule is CC(NOC(=O)CCn1c(=O)c2ccc(cc2)c1=O)(N1CCCCC1)N1CCCCC1. The lowest BCUT2D eigenvalue weighted by Gasteiger charge is -2.50. The number of piperidine rings is 2. The third-order valence-electron chi connectivity index (χ3n) is 6.71. The summed E-state index contributed by atoms with van der Waals surface area (Å²) in [6, 6.07) is 6.55. The highest BCUT2D eigenvalue weighted by Gasteiger charge is 2.40. The second kappa shape index (κ2) is 9.46. The molecule has 1 aromatic carbocycles. The summed E-state index contributed by atoms with van der Waals surface area (Å²) >= 11 is 0. The number of carbonyl (C=O) groups excluding carboxylic acids is 1. The predicted octanol–water partition coefficient (Wildman–Crippen LogP) is 1.88. The van der Waals surface area contributed by atoms with Gasteiger partial charge in [-0.25, -0.2) is 0 Å². The predicted molar refractivity (Wildman–Crippen MR) is 119 cm³/mol. The molecule has 3 aromatic rings. The van der Waals surface area contributed by atoms with Gasteiger partial charge in [0.05, 0.1) is 6.42 Å². The van der Waals surface area contributed by atoms with E-state index in [1.807, 2.05) is 0 Å². The van der Waals surface area contributed by atoms with Gasteiger partial charge in [0.2, 0.25) is 0 Å². The van der Waals surface area contributed by atoms with Gasteiger partial charge in [-0.1, -0.05) is 12.8 Å². The molecule has 4 heterocycles. The molecule has 2 saturated heterocycles. The lowest BCUT2D eigenvalue weighted by atomic mass is 10.1. The molecule has 1 N–H and O–H groups in total. The molecule has 168 valence electrons. The first-order chi connectivity index (χ1) is 15.0. The van der Waals surface area contributed by atoms with E-state index >= 15 is 0 Å². The van der Waals surface area contributed by atoms with Gasteiger partial charge in [-0.2, -0.15) is 0 Å². The van der Waals surface area contributed by atoms with Gasteiger partial charge in [-0.15, -0.1) is 5.48 Å². The number of rotatable bonds is 7. The van der Waals surface area contributed by atoms with Crippen LogP contribution in [0.1, 0.15) is 51.9 Å². The molecule has 2 aliphatic heterocycles. The first-order valence-corrected chi connectivity index (χ1v) is 11.4. The van der Waals surface area contributed by atoms with Gasteiger partial charge in [-0.05, 0) is 56.9 Å². The fraction of sp³-hybridized carbons (Fsp3) is 0.609. The summed E-state index contributed by atoms with van der Waals surface area (Å²) in [5.74, 6) is -1.03. The van der Waals surface area contributed by atoms with Crippen LogP contribution in [0.3, 0.4) is 0 Å². The third-order valence-corrected chi connectivity index (χ3v) is 6.71. The van der Waals surface area contributed by atoms with Crippen molar-refractivity contribution in [2.75, 3.05) is 26.2 Å². The van der Waals surface area contributed by atoms with Crippen molar-refractivity contribution < 1.29 is 9.63 Å². The van der Waals surface area contributed by atoms with Gasteiger partial charge in [-0.3, -0.25) is 28.8 Å². The lowest BCUT2D eigenvalue weighted by Crippen LogP contribution is -2.68. The van der Waals surface area contributed by atoms with Crippen LogP contribution in [0.15, 0.2) is 33.9 Å². The number of likely N-dealkylation sites (tertiary alicyclic amines) is 2. The van der Waals surface area contributed by atoms with E-state index in [-0.39, 0.29) is 24.1 Å². The van der Waals surface area contributed by atoms with Crippen molar-refractivity contribution in [3.05, 3.63) is 45.0 Å². The second-order valence-electron chi connectivity index (χ2n) is 8.78. The van der Waals surface area contributed by atoms with Crippen molar-refractivity contribution in [3.8, 4) is 0 Å². The molecule has 0 spiro atoms. The van der Waals surface area contributed by atoms with E-state index in [2.05, 4.69) is 22.2 Å². The van der Waals surface area contributed by atoms with Crippen LogP contribution in [0.4, 0.5) is 0 Å². The van der Waals surface area contributed by atoms with Gasteiger partial charge in [0.1, 0.15) is 0 Å². The number of carbonyl (C=O) groups is 1. The number of benzene rings is 1. The molecule has 8 nitrogen and oxygen atoms in total. The van der Waals surface area contributed by atoms with Crippen molar-refractivity contribution >= 4 is 16.7 Å². The van der Waals surface area contributed by atoms with Crippen LogP contribution in [-0.4, -0.2) is 52.3 Å². The molecule has 5 rings (SSSR count). The van der Waals surface area contributed by atoms with Gasteiger partial charge >= 0.3 is 5.97 Å². The van der Waals surface area contributed by atoms with Crippen molar-refractivity contribution in [2.24, 2.45) is 0 Å². The van der Waals surface area contributed by atoms with Crippen molar-refractivity contribution in [3.63, 3.8) is 0 Å². The quantitative estimate of drug-likeness (QED) is 0.674. The van der Waals surface area contributed by atoms with E-state index in [1.54, 1.807) is 24.3 Å². The molecule has 0 unspecified atom stereocenters. The summed E-state index contributed by atoms with van der Waals surface area (Å²) in [5.41, 5.74) is 2.31. The molecule has 0 saturated carbocycles.